The number of benzene rings is 1. The molecule has 98 valence electrons. The summed E-state index contributed by atoms with van der Waals surface area (Å²) in [5.74, 6) is -0.0828. The number of quaternary nitrogens is 1. The van der Waals surface area contributed by atoms with Crippen LogP contribution in [0.1, 0.15) is 37.8 Å². The van der Waals surface area contributed by atoms with E-state index >= 15 is 0 Å². The van der Waals surface area contributed by atoms with Gasteiger partial charge in [-0.25, -0.2) is 4.79 Å². The van der Waals surface area contributed by atoms with E-state index in [1.165, 1.54) is 24.2 Å². The fourth-order valence-corrected chi connectivity index (χ4v) is 2.70. The van der Waals surface area contributed by atoms with Crippen molar-refractivity contribution in [2.45, 2.75) is 32.2 Å². The van der Waals surface area contributed by atoms with Gasteiger partial charge in [0.15, 0.2) is 0 Å². The highest BCUT2D eigenvalue weighted by Crippen LogP contribution is 2.13. The molecule has 0 bridgehead atoms. The van der Waals surface area contributed by atoms with Crippen LogP contribution in [0.2, 0.25) is 0 Å². The summed E-state index contributed by atoms with van der Waals surface area (Å²) in [6.45, 7) is 4.46. The van der Waals surface area contributed by atoms with E-state index in [4.69, 9.17) is 4.74 Å². The molecule has 0 aliphatic carbocycles. The molecule has 1 unspecified atom stereocenters. The monoisotopic (exact) mass is 248 g/mol. The normalized spacial score (nSPS) is 18.3. The highest BCUT2D eigenvalue weighted by atomic mass is 16.5. The fourth-order valence-electron chi connectivity index (χ4n) is 2.70. The van der Waals surface area contributed by atoms with Gasteiger partial charge in [0.25, 0.3) is 0 Å². The van der Waals surface area contributed by atoms with Crippen LogP contribution in [0.4, 0.5) is 0 Å². The molecule has 1 saturated heterocycles. The Balaban J connectivity index is 2.19. The molecule has 0 saturated carbocycles. The van der Waals surface area contributed by atoms with Crippen LogP contribution in [0.25, 0.3) is 0 Å². The van der Waals surface area contributed by atoms with Gasteiger partial charge in [-0.05, 0) is 26.2 Å². The highest BCUT2D eigenvalue weighted by molar-refractivity contribution is 5.76. The summed E-state index contributed by atoms with van der Waals surface area (Å²) in [6, 6.07) is 9.88. The molecule has 1 fully saturated rings. The highest BCUT2D eigenvalue weighted by Gasteiger charge is 2.33. The van der Waals surface area contributed by atoms with Crippen molar-refractivity contribution in [2.75, 3.05) is 19.7 Å². The zero-order chi connectivity index (χ0) is 12.8. The van der Waals surface area contributed by atoms with Gasteiger partial charge in [-0.3, -0.25) is 0 Å². The second-order valence-electron chi connectivity index (χ2n) is 4.81. The Morgan fingerprint density at radius 1 is 1.22 bits per heavy atom. The first-order valence-corrected chi connectivity index (χ1v) is 6.89. The zero-order valence-corrected chi connectivity index (χ0v) is 11.0. The average Bonchev–Trinajstić information content (AvgIpc) is 2.42. The maximum absolute atomic E-state index is 12.2. The molecule has 3 nitrogen and oxygen atoms in total. The first kappa shape index (κ1) is 13.1. The Bertz CT molecular complexity index is 371. The second kappa shape index (κ2) is 6.55. The number of likely N-dealkylation sites (tertiary alicyclic amines) is 1. The third kappa shape index (κ3) is 3.10. The van der Waals surface area contributed by atoms with Crippen molar-refractivity contribution in [1.29, 1.82) is 0 Å². The maximum Gasteiger partial charge on any atom is 0.369 e. The summed E-state index contributed by atoms with van der Waals surface area (Å²) >= 11 is 0. The minimum atomic E-state index is -0.147. The zero-order valence-electron chi connectivity index (χ0n) is 11.0. The van der Waals surface area contributed by atoms with Gasteiger partial charge in [0.2, 0.25) is 6.04 Å². The molecule has 1 aliphatic heterocycles. The van der Waals surface area contributed by atoms with E-state index in [1.54, 1.807) is 0 Å². The lowest BCUT2D eigenvalue weighted by molar-refractivity contribution is -0.927. The Kier molecular flexibility index (Phi) is 4.76. The Hall–Kier alpha value is -1.35. The van der Waals surface area contributed by atoms with Crippen molar-refractivity contribution in [3.05, 3.63) is 35.9 Å². The SMILES string of the molecule is CCOC(=O)C(c1ccccc1)[NH+]1CCCCC1. The minimum Gasteiger partial charge on any atom is -0.461 e. The van der Waals surface area contributed by atoms with Gasteiger partial charge in [0.05, 0.1) is 19.7 Å². The molecule has 0 amide bonds. The summed E-state index contributed by atoms with van der Waals surface area (Å²) in [7, 11) is 0. The van der Waals surface area contributed by atoms with E-state index in [9.17, 15) is 4.79 Å². The van der Waals surface area contributed by atoms with E-state index in [0.717, 1.165) is 18.7 Å². The quantitative estimate of drug-likeness (QED) is 0.816. The number of hydrogen-bond donors (Lipinski definition) is 1. The Morgan fingerprint density at radius 3 is 2.50 bits per heavy atom. The lowest BCUT2D eigenvalue weighted by atomic mass is 10.0. The molecule has 0 radical (unpaired) electrons. The number of nitrogens with one attached hydrogen (secondary N) is 1. The van der Waals surface area contributed by atoms with Crippen molar-refractivity contribution >= 4 is 5.97 Å². The van der Waals surface area contributed by atoms with Gasteiger partial charge in [0, 0.05) is 5.56 Å². The second-order valence-corrected chi connectivity index (χ2v) is 4.81. The molecule has 1 heterocycles. The standard InChI is InChI=1S/C15H21NO2/c1-2-18-15(17)14(13-9-5-3-6-10-13)16-11-7-4-8-12-16/h3,5-6,9-10,14H,2,4,7-8,11-12H2,1H3/p+1. The topological polar surface area (TPSA) is 30.7 Å². The van der Waals surface area contributed by atoms with Gasteiger partial charge in [-0.15, -0.1) is 0 Å². The summed E-state index contributed by atoms with van der Waals surface area (Å²) in [5.41, 5.74) is 1.08. The average molecular weight is 248 g/mol. The van der Waals surface area contributed by atoms with Crippen LogP contribution in [0.15, 0.2) is 30.3 Å². The van der Waals surface area contributed by atoms with Crippen LogP contribution >= 0.6 is 0 Å². The van der Waals surface area contributed by atoms with E-state index < -0.39 is 0 Å². The number of hydrogen-bond acceptors (Lipinski definition) is 2. The predicted molar refractivity (Wildman–Crippen MR) is 70.4 cm³/mol. The lowest BCUT2D eigenvalue weighted by Gasteiger charge is -2.30. The first-order chi connectivity index (χ1) is 8.83. The van der Waals surface area contributed by atoms with Crippen molar-refractivity contribution < 1.29 is 14.4 Å². The van der Waals surface area contributed by atoms with Crippen molar-refractivity contribution in [3.63, 3.8) is 0 Å². The fraction of sp³-hybridized carbons (Fsp3) is 0.533. The minimum absolute atomic E-state index is 0.0828. The van der Waals surface area contributed by atoms with Crippen LogP contribution in [0.5, 0.6) is 0 Å². The first-order valence-electron chi connectivity index (χ1n) is 6.89. The molecule has 2 rings (SSSR count). The van der Waals surface area contributed by atoms with Crippen molar-refractivity contribution in [2.24, 2.45) is 0 Å². The molecule has 18 heavy (non-hydrogen) atoms. The largest absolute Gasteiger partial charge is 0.461 e. The van der Waals surface area contributed by atoms with E-state index in [1.807, 2.05) is 37.3 Å². The van der Waals surface area contributed by atoms with Crippen molar-refractivity contribution in [3.8, 4) is 0 Å². The number of carbonyl (C=O) groups is 1. The van der Waals surface area contributed by atoms with Gasteiger partial charge in [0.1, 0.15) is 0 Å². The molecular formula is C15H22NO2+. The van der Waals surface area contributed by atoms with Crippen LogP contribution in [-0.2, 0) is 9.53 Å². The summed E-state index contributed by atoms with van der Waals surface area (Å²) < 4.78 is 5.25. The summed E-state index contributed by atoms with van der Waals surface area (Å²) in [4.78, 5) is 13.6. The predicted octanol–water partition coefficient (Wildman–Crippen LogP) is 1.36. The molecule has 0 spiro atoms. The van der Waals surface area contributed by atoms with Crippen LogP contribution < -0.4 is 4.90 Å². The van der Waals surface area contributed by atoms with E-state index in [0.29, 0.717) is 6.61 Å². The molecule has 1 aromatic rings. The molecule has 1 aliphatic rings. The molecule has 1 atom stereocenters. The number of carbonyl (C=O) groups excluding carboxylic acids is 1. The van der Waals surface area contributed by atoms with Gasteiger partial charge < -0.3 is 9.64 Å². The number of piperidine rings is 1. The van der Waals surface area contributed by atoms with E-state index in [2.05, 4.69) is 0 Å². The number of rotatable bonds is 4. The van der Waals surface area contributed by atoms with Crippen LogP contribution in [0, 0.1) is 0 Å². The van der Waals surface area contributed by atoms with Gasteiger partial charge in [-0.1, -0.05) is 30.3 Å². The van der Waals surface area contributed by atoms with Gasteiger partial charge in [-0.2, -0.15) is 0 Å². The summed E-state index contributed by atoms with van der Waals surface area (Å²) in [6.07, 6.45) is 3.70. The summed E-state index contributed by atoms with van der Waals surface area (Å²) in [5, 5.41) is 0. The van der Waals surface area contributed by atoms with Crippen LogP contribution in [0.3, 0.4) is 0 Å². The molecular weight excluding hydrogens is 226 g/mol. The molecule has 1 aromatic carbocycles. The van der Waals surface area contributed by atoms with Gasteiger partial charge >= 0.3 is 5.97 Å². The molecule has 1 N–H and O–H groups in total. The molecule has 3 heteroatoms. The number of ether oxygens (including phenoxy) is 1. The smallest absolute Gasteiger partial charge is 0.369 e. The maximum atomic E-state index is 12.2. The molecule has 0 aromatic heterocycles. The number of esters is 1. The lowest BCUT2D eigenvalue weighted by Crippen LogP contribution is -3.14. The van der Waals surface area contributed by atoms with Crippen LogP contribution in [-0.4, -0.2) is 25.7 Å². The third-order valence-electron chi connectivity index (χ3n) is 3.56. The van der Waals surface area contributed by atoms with E-state index in [-0.39, 0.29) is 12.0 Å². The van der Waals surface area contributed by atoms with Crippen molar-refractivity contribution in [1.82, 2.24) is 0 Å². The Labute approximate surface area is 109 Å². The third-order valence-corrected chi connectivity index (χ3v) is 3.56. The Morgan fingerprint density at radius 2 is 1.89 bits per heavy atom.